The zero-order valence-corrected chi connectivity index (χ0v) is 36.9. The third-order valence-electron chi connectivity index (χ3n) is 14.3. The highest BCUT2D eigenvalue weighted by Crippen LogP contribution is 2.64. The first-order chi connectivity index (χ1) is 33.7. The van der Waals surface area contributed by atoms with Gasteiger partial charge in [-0.25, -0.2) is 9.97 Å². The molecule has 10 aromatic carbocycles. The quantitative estimate of drug-likeness (QED) is 0.167. The van der Waals surface area contributed by atoms with E-state index in [0.29, 0.717) is 5.82 Å². The second kappa shape index (κ2) is 15.1. The van der Waals surface area contributed by atoms with Crippen LogP contribution in [-0.4, -0.2) is 9.97 Å². The number of hydrogen-bond donors (Lipinski definition) is 0. The topological polar surface area (TPSA) is 38.9 Å². The molecule has 1 spiro atoms. The lowest BCUT2D eigenvalue weighted by Crippen LogP contribution is -2.25. The van der Waals surface area contributed by atoms with Crippen molar-refractivity contribution in [3.05, 3.63) is 265 Å². The first kappa shape index (κ1) is 38.4. The molecule has 3 nitrogen and oxygen atoms in total. The largest absolute Gasteiger partial charge is 0.455 e. The molecule has 0 atom stereocenters. The van der Waals surface area contributed by atoms with Crippen molar-refractivity contribution in [2.75, 3.05) is 0 Å². The number of benzene rings is 10. The summed E-state index contributed by atoms with van der Waals surface area (Å²) in [4.78, 5) is 11.0. The normalized spacial score (nSPS) is 12.8. The van der Waals surface area contributed by atoms with E-state index in [0.717, 1.165) is 77.8 Å². The van der Waals surface area contributed by atoms with Crippen LogP contribution in [0.1, 0.15) is 22.3 Å². The minimum absolute atomic E-state index is 0.470. The lowest BCUT2D eigenvalue weighted by atomic mass is 9.70. The van der Waals surface area contributed by atoms with Gasteiger partial charge in [-0.1, -0.05) is 206 Å². The van der Waals surface area contributed by atoms with Crippen molar-refractivity contribution < 1.29 is 4.42 Å². The highest BCUT2D eigenvalue weighted by Gasteiger charge is 2.52. The fraction of sp³-hybridized carbons (Fsp3) is 0.0154. The fourth-order valence-electron chi connectivity index (χ4n) is 11.4. The van der Waals surface area contributed by atoms with E-state index in [1.54, 1.807) is 0 Å². The average molecular weight is 865 g/mol. The number of furan rings is 1. The Labute approximate surface area is 394 Å². The van der Waals surface area contributed by atoms with Crippen LogP contribution in [0.15, 0.2) is 247 Å². The molecule has 0 saturated carbocycles. The van der Waals surface area contributed by atoms with Gasteiger partial charge in [0.15, 0.2) is 5.82 Å². The molecule has 0 fully saturated rings. The lowest BCUT2D eigenvalue weighted by molar-refractivity contribution is 0.670. The first-order valence-electron chi connectivity index (χ1n) is 23.3. The standard InChI is InChI=1S/C65H40N2O/c1-3-18-41(19-4-1)43-22-15-23-44(36-43)45-37-46(48-28-16-29-52-51-26-10-14-35-61(51)68-63(48)52)39-47(38-45)59-40-60(67-64(66-59)42-20-5-2-6-21-42)54-30-17-34-58-62(54)53-27-9-13-33-57(53)65(58)55-31-11-7-24-49(55)50-25-8-12-32-56(50)65/h1-40H. The minimum atomic E-state index is -0.470. The monoisotopic (exact) mass is 864 g/mol. The lowest BCUT2D eigenvalue weighted by Gasteiger charge is -2.30. The van der Waals surface area contributed by atoms with Gasteiger partial charge < -0.3 is 4.42 Å². The summed E-state index contributed by atoms with van der Waals surface area (Å²) in [5.41, 5.74) is 22.8. The smallest absolute Gasteiger partial charge is 0.160 e. The van der Waals surface area contributed by atoms with Crippen LogP contribution < -0.4 is 0 Å². The van der Waals surface area contributed by atoms with Crippen molar-refractivity contribution in [3.8, 4) is 89.5 Å². The Morgan fingerprint density at radius 2 is 0.779 bits per heavy atom. The Bertz CT molecular complexity index is 3930. The minimum Gasteiger partial charge on any atom is -0.455 e. The van der Waals surface area contributed by atoms with Crippen LogP contribution in [0, 0.1) is 0 Å². The SMILES string of the molecule is c1ccc(-c2cccc(-c3cc(-c4cc(-c5cccc6c5-c5ccccc5C65c6ccccc6-c6ccccc65)nc(-c5ccccc5)n4)cc(-c4cccc5c4oc4ccccc45)c3)c2)cc1. The molecule has 68 heavy (non-hydrogen) atoms. The Morgan fingerprint density at radius 3 is 1.54 bits per heavy atom. The van der Waals surface area contributed by atoms with Gasteiger partial charge in [-0.3, -0.25) is 0 Å². The molecule has 0 radical (unpaired) electrons. The summed E-state index contributed by atoms with van der Waals surface area (Å²) < 4.78 is 6.69. The molecule has 12 aromatic rings. The molecule has 2 aliphatic rings. The van der Waals surface area contributed by atoms with Gasteiger partial charge in [-0.05, 0) is 109 Å². The van der Waals surface area contributed by atoms with Crippen LogP contribution in [0.5, 0.6) is 0 Å². The second-order valence-electron chi connectivity index (χ2n) is 18.0. The Morgan fingerprint density at radius 1 is 0.294 bits per heavy atom. The summed E-state index contributed by atoms with van der Waals surface area (Å²) >= 11 is 0. The Balaban J connectivity index is 1.02. The van der Waals surface area contributed by atoms with Gasteiger partial charge in [0.05, 0.1) is 16.8 Å². The van der Waals surface area contributed by atoms with Gasteiger partial charge in [0, 0.05) is 33.0 Å². The molecule has 3 heteroatoms. The van der Waals surface area contributed by atoms with E-state index in [4.69, 9.17) is 14.4 Å². The molecule has 2 aromatic heterocycles. The van der Waals surface area contributed by atoms with E-state index in [2.05, 4.69) is 224 Å². The molecule has 14 rings (SSSR count). The number of aromatic nitrogens is 2. The molecule has 2 heterocycles. The molecule has 0 amide bonds. The van der Waals surface area contributed by atoms with Crippen LogP contribution >= 0.6 is 0 Å². The molecule has 2 aliphatic carbocycles. The van der Waals surface area contributed by atoms with Crippen LogP contribution in [0.2, 0.25) is 0 Å². The van der Waals surface area contributed by atoms with E-state index in [1.807, 2.05) is 18.2 Å². The van der Waals surface area contributed by atoms with E-state index in [9.17, 15) is 0 Å². The third kappa shape index (κ3) is 5.72. The van der Waals surface area contributed by atoms with E-state index in [1.165, 1.54) is 50.1 Å². The summed E-state index contributed by atoms with van der Waals surface area (Å²) in [6, 6.07) is 87.4. The molecule has 0 aliphatic heterocycles. The maximum atomic E-state index is 6.69. The van der Waals surface area contributed by atoms with Crippen molar-refractivity contribution in [2.24, 2.45) is 0 Å². The number of fused-ring (bicyclic) bond motifs is 13. The molecule has 0 N–H and O–H groups in total. The highest BCUT2D eigenvalue weighted by atomic mass is 16.3. The van der Waals surface area contributed by atoms with Gasteiger partial charge in [-0.15, -0.1) is 0 Å². The van der Waals surface area contributed by atoms with Gasteiger partial charge in [0.2, 0.25) is 0 Å². The van der Waals surface area contributed by atoms with Crippen LogP contribution in [0.25, 0.3) is 111 Å². The second-order valence-corrected chi connectivity index (χ2v) is 18.0. The van der Waals surface area contributed by atoms with Crippen molar-refractivity contribution in [1.82, 2.24) is 9.97 Å². The summed E-state index contributed by atoms with van der Waals surface area (Å²) in [7, 11) is 0. The van der Waals surface area contributed by atoms with Crippen LogP contribution in [-0.2, 0) is 5.41 Å². The maximum absolute atomic E-state index is 6.69. The van der Waals surface area contributed by atoms with Crippen molar-refractivity contribution in [3.63, 3.8) is 0 Å². The van der Waals surface area contributed by atoms with E-state index >= 15 is 0 Å². The predicted octanol–water partition coefficient (Wildman–Crippen LogP) is 16.7. The maximum Gasteiger partial charge on any atom is 0.160 e. The third-order valence-corrected chi connectivity index (χ3v) is 14.3. The average Bonchev–Trinajstić information content (AvgIpc) is 4.06. The zero-order valence-electron chi connectivity index (χ0n) is 36.9. The van der Waals surface area contributed by atoms with Crippen molar-refractivity contribution in [1.29, 1.82) is 0 Å². The molecule has 316 valence electrons. The van der Waals surface area contributed by atoms with Gasteiger partial charge >= 0.3 is 0 Å². The summed E-state index contributed by atoms with van der Waals surface area (Å²) in [6.07, 6.45) is 0. The number of nitrogens with zero attached hydrogens (tertiary/aromatic N) is 2. The van der Waals surface area contributed by atoms with Gasteiger partial charge in [0.25, 0.3) is 0 Å². The molecule has 0 unspecified atom stereocenters. The number of para-hydroxylation sites is 2. The van der Waals surface area contributed by atoms with Crippen LogP contribution in [0.4, 0.5) is 0 Å². The van der Waals surface area contributed by atoms with E-state index in [-0.39, 0.29) is 0 Å². The summed E-state index contributed by atoms with van der Waals surface area (Å²) in [5.74, 6) is 0.672. The highest BCUT2D eigenvalue weighted by molar-refractivity contribution is 6.10. The fourth-order valence-corrected chi connectivity index (χ4v) is 11.4. The molecule has 0 saturated heterocycles. The number of rotatable bonds is 6. The molecule has 0 bridgehead atoms. The zero-order chi connectivity index (χ0) is 44.8. The van der Waals surface area contributed by atoms with Gasteiger partial charge in [-0.2, -0.15) is 0 Å². The van der Waals surface area contributed by atoms with Gasteiger partial charge in [0.1, 0.15) is 11.2 Å². The molecular weight excluding hydrogens is 825 g/mol. The van der Waals surface area contributed by atoms with Crippen molar-refractivity contribution in [2.45, 2.75) is 5.41 Å². The van der Waals surface area contributed by atoms with E-state index < -0.39 is 5.41 Å². The number of hydrogen-bond acceptors (Lipinski definition) is 3. The Kier molecular flexibility index (Phi) is 8.50. The summed E-state index contributed by atoms with van der Waals surface area (Å²) in [6.45, 7) is 0. The Hall–Kier alpha value is -8.92. The summed E-state index contributed by atoms with van der Waals surface area (Å²) in [5, 5.41) is 2.20. The van der Waals surface area contributed by atoms with Crippen molar-refractivity contribution >= 4 is 21.9 Å². The first-order valence-corrected chi connectivity index (χ1v) is 23.3. The van der Waals surface area contributed by atoms with Crippen LogP contribution in [0.3, 0.4) is 0 Å². The predicted molar refractivity (Wildman–Crippen MR) is 278 cm³/mol. The molecular formula is C65H40N2O.